The van der Waals surface area contributed by atoms with Crippen LogP contribution in [0.15, 0.2) is 78.9 Å². The number of hydrogen-bond donors (Lipinski definition) is 0. The average molecular weight is 453 g/mol. The van der Waals surface area contributed by atoms with Gasteiger partial charge in [0.05, 0.1) is 22.3 Å². The first-order valence-corrected chi connectivity index (χ1v) is 10.6. The van der Waals surface area contributed by atoms with Crippen molar-refractivity contribution in [1.82, 2.24) is 9.38 Å². The third-order valence-corrected chi connectivity index (χ3v) is 5.73. The van der Waals surface area contributed by atoms with Gasteiger partial charge in [-0.05, 0) is 53.9 Å². The smallest absolute Gasteiger partial charge is 0.291 e. The van der Waals surface area contributed by atoms with Gasteiger partial charge in [-0.25, -0.2) is 4.98 Å². The molecule has 0 radical (unpaired) electrons. The molecule has 34 heavy (non-hydrogen) atoms. The summed E-state index contributed by atoms with van der Waals surface area (Å²) in [6.07, 6.45) is -1.16. The SMILES string of the molecule is Cc1ccc(-c2cc(C=Cc3cccc(C(F)(F)F)c3)c(C#N)c3nc4ccccc4n23)cc1. The van der Waals surface area contributed by atoms with Gasteiger partial charge in [-0.1, -0.05) is 66.2 Å². The zero-order valence-corrected chi connectivity index (χ0v) is 18.1. The first-order chi connectivity index (χ1) is 16.3. The van der Waals surface area contributed by atoms with E-state index in [1.165, 1.54) is 6.07 Å². The summed E-state index contributed by atoms with van der Waals surface area (Å²) in [7, 11) is 0. The number of halogens is 3. The van der Waals surface area contributed by atoms with Crippen molar-refractivity contribution >= 4 is 28.8 Å². The Balaban J connectivity index is 1.74. The lowest BCUT2D eigenvalue weighted by Gasteiger charge is -2.11. The van der Waals surface area contributed by atoms with Crippen molar-refractivity contribution in [1.29, 1.82) is 5.26 Å². The minimum absolute atomic E-state index is 0.357. The van der Waals surface area contributed by atoms with Crippen LogP contribution in [-0.2, 0) is 6.18 Å². The molecule has 5 aromatic rings. The molecule has 2 heterocycles. The van der Waals surface area contributed by atoms with Crippen LogP contribution >= 0.6 is 0 Å². The predicted octanol–water partition coefficient (Wildman–Crippen LogP) is 7.52. The molecule has 0 unspecified atom stereocenters. The number of hydrogen-bond acceptors (Lipinski definition) is 2. The summed E-state index contributed by atoms with van der Waals surface area (Å²) in [5.41, 5.74) is 5.65. The molecule has 0 aliphatic carbocycles. The number of benzene rings is 3. The number of nitriles is 1. The predicted molar refractivity (Wildman–Crippen MR) is 128 cm³/mol. The number of pyridine rings is 1. The van der Waals surface area contributed by atoms with Gasteiger partial charge >= 0.3 is 6.18 Å². The van der Waals surface area contributed by atoms with Crippen LogP contribution < -0.4 is 0 Å². The van der Waals surface area contributed by atoms with Gasteiger partial charge in [-0.3, -0.25) is 4.40 Å². The minimum Gasteiger partial charge on any atom is -0.291 e. The van der Waals surface area contributed by atoms with Gasteiger partial charge in [-0.2, -0.15) is 18.4 Å². The molecule has 0 atom stereocenters. The molecule has 0 bridgehead atoms. The topological polar surface area (TPSA) is 41.1 Å². The van der Waals surface area contributed by atoms with E-state index in [1.807, 2.05) is 65.9 Å². The number of alkyl halides is 3. The second-order valence-corrected chi connectivity index (χ2v) is 8.05. The summed E-state index contributed by atoms with van der Waals surface area (Å²) in [6, 6.07) is 24.9. The van der Waals surface area contributed by atoms with Crippen LogP contribution in [0.4, 0.5) is 13.2 Å². The molecule has 3 aromatic carbocycles. The molecule has 5 rings (SSSR count). The van der Waals surface area contributed by atoms with Gasteiger partial charge < -0.3 is 0 Å². The molecular weight excluding hydrogens is 435 g/mol. The fraction of sp³-hybridized carbons (Fsp3) is 0.0714. The Morgan fingerprint density at radius 2 is 1.68 bits per heavy atom. The number of fused-ring (bicyclic) bond motifs is 3. The lowest BCUT2D eigenvalue weighted by Crippen LogP contribution is -2.04. The normalized spacial score (nSPS) is 12.0. The third kappa shape index (κ3) is 3.82. The van der Waals surface area contributed by atoms with E-state index in [0.717, 1.165) is 40.0 Å². The maximum Gasteiger partial charge on any atom is 0.416 e. The molecular formula is C28H18F3N3. The minimum atomic E-state index is -4.42. The fourth-order valence-electron chi connectivity index (χ4n) is 4.04. The monoisotopic (exact) mass is 453 g/mol. The van der Waals surface area contributed by atoms with Gasteiger partial charge in [0.25, 0.3) is 0 Å². The van der Waals surface area contributed by atoms with Gasteiger partial charge in [0, 0.05) is 0 Å². The first-order valence-electron chi connectivity index (χ1n) is 10.6. The van der Waals surface area contributed by atoms with Crippen LogP contribution in [0.3, 0.4) is 0 Å². The molecule has 3 nitrogen and oxygen atoms in total. The summed E-state index contributed by atoms with van der Waals surface area (Å²) < 4.78 is 41.3. The Bertz CT molecular complexity index is 1600. The second kappa shape index (κ2) is 8.20. The molecule has 0 spiro atoms. The third-order valence-electron chi connectivity index (χ3n) is 5.73. The Labute approximate surface area is 194 Å². The molecule has 0 saturated carbocycles. The first kappa shape index (κ1) is 21.5. The van der Waals surface area contributed by atoms with Gasteiger partial charge in [0.2, 0.25) is 0 Å². The van der Waals surface area contributed by atoms with Crippen LogP contribution in [0.2, 0.25) is 0 Å². The van der Waals surface area contributed by atoms with E-state index in [2.05, 4.69) is 6.07 Å². The molecule has 0 N–H and O–H groups in total. The maximum absolute atomic E-state index is 13.1. The molecule has 0 aliphatic rings. The van der Waals surface area contributed by atoms with Gasteiger partial charge in [0.15, 0.2) is 5.65 Å². The zero-order valence-electron chi connectivity index (χ0n) is 18.1. The van der Waals surface area contributed by atoms with Crippen molar-refractivity contribution in [2.24, 2.45) is 0 Å². The molecule has 0 aliphatic heterocycles. The van der Waals surface area contributed by atoms with Crippen LogP contribution in [0.5, 0.6) is 0 Å². The lowest BCUT2D eigenvalue weighted by molar-refractivity contribution is -0.137. The van der Waals surface area contributed by atoms with E-state index in [0.29, 0.717) is 22.3 Å². The number of nitrogens with zero attached hydrogens (tertiary/aromatic N) is 3. The average Bonchev–Trinajstić information content (AvgIpc) is 3.22. The molecule has 0 fully saturated rings. The van der Waals surface area contributed by atoms with E-state index >= 15 is 0 Å². The van der Waals surface area contributed by atoms with Crippen LogP contribution in [0.1, 0.15) is 27.8 Å². The Hall–Kier alpha value is -4.37. The van der Waals surface area contributed by atoms with Gasteiger partial charge in [-0.15, -0.1) is 0 Å². The largest absolute Gasteiger partial charge is 0.416 e. The van der Waals surface area contributed by atoms with Gasteiger partial charge in [0.1, 0.15) is 11.6 Å². The Kier molecular flexibility index (Phi) is 5.18. The Morgan fingerprint density at radius 1 is 0.912 bits per heavy atom. The van der Waals surface area contributed by atoms with Crippen molar-refractivity contribution in [2.45, 2.75) is 13.1 Å². The summed E-state index contributed by atoms with van der Waals surface area (Å²) in [4.78, 5) is 4.71. The van der Waals surface area contributed by atoms with E-state index in [-0.39, 0.29) is 0 Å². The van der Waals surface area contributed by atoms with E-state index in [9.17, 15) is 18.4 Å². The lowest BCUT2D eigenvalue weighted by atomic mass is 10.0. The molecule has 166 valence electrons. The fourth-order valence-corrected chi connectivity index (χ4v) is 4.04. The highest BCUT2D eigenvalue weighted by Crippen LogP contribution is 2.32. The number of aromatic nitrogens is 2. The van der Waals surface area contributed by atoms with Crippen molar-refractivity contribution in [3.63, 3.8) is 0 Å². The second-order valence-electron chi connectivity index (χ2n) is 8.05. The summed E-state index contributed by atoms with van der Waals surface area (Å²) >= 11 is 0. The molecule has 6 heteroatoms. The highest BCUT2D eigenvalue weighted by Gasteiger charge is 2.30. The molecule has 0 saturated heterocycles. The number of imidazole rings is 1. The molecule has 2 aromatic heterocycles. The number of rotatable bonds is 3. The number of aryl methyl sites for hydroxylation is 1. The van der Waals surface area contributed by atoms with E-state index in [1.54, 1.807) is 18.2 Å². The van der Waals surface area contributed by atoms with Crippen molar-refractivity contribution < 1.29 is 13.2 Å². The highest BCUT2D eigenvalue weighted by molar-refractivity contribution is 5.89. The zero-order chi connectivity index (χ0) is 23.9. The van der Waals surface area contributed by atoms with Crippen LogP contribution in [-0.4, -0.2) is 9.38 Å². The summed E-state index contributed by atoms with van der Waals surface area (Å²) in [5.74, 6) is 0. The summed E-state index contributed by atoms with van der Waals surface area (Å²) in [6.45, 7) is 2.01. The van der Waals surface area contributed by atoms with Crippen molar-refractivity contribution in [2.75, 3.05) is 0 Å². The highest BCUT2D eigenvalue weighted by atomic mass is 19.4. The van der Waals surface area contributed by atoms with Crippen molar-refractivity contribution in [3.05, 3.63) is 107 Å². The molecule has 0 amide bonds. The standard InChI is InChI=1S/C28H18F3N3/c1-18-9-12-20(13-10-18)26-16-21(14-11-19-5-4-6-22(15-19)28(29,30)31)23(17-32)27-33-24-7-2-3-8-25(24)34(26)27/h2-16H,1H3. The van der Waals surface area contributed by atoms with Crippen LogP contribution in [0, 0.1) is 18.3 Å². The quantitative estimate of drug-likeness (QED) is 0.283. The van der Waals surface area contributed by atoms with E-state index in [4.69, 9.17) is 4.98 Å². The van der Waals surface area contributed by atoms with Crippen LogP contribution in [0.25, 0.3) is 40.1 Å². The Morgan fingerprint density at radius 3 is 2.41 bits per heavy atom. The van der Waals surface area contributed by atoms with Crippen molar-refractivity contribution in [3.8, 4) is 17.3 Å². The summed E-state index contributed by atoms with van der Waals surface area (Å²) in [5, 5.41) is 10.0. The number of para-hydroxylation sites is 2. The van der Waals surface area contributed by atoms with E-state index < -0.39 is 11.7 Å². The maximum atomic E-state index is 13.1.